The first-order valence-corrected chi connectivity index (χ1v) is 10.6. The Morgan fingerprint density at radius 2 is 1.87 bits per heavy atom. The number of hydrogen-bond acceptors (Lipinski definition) is 5. The van der Waals surface area contributed by atoms with E-state index in [9.17, 15) is 13.2 Å². The molecule has 1 N–H and O–H groups in total. The second kappa shape index (κ2) is 7.12. The Labute approximate surface area is 144 Å². The fourth-order valence-corrected chi connectivity index (χ4v) is 5.63. The molecular formula is C15H18N2O3S3. The van der Waals surface area contributed by atoms with E-state index < -0.39 is 10.0 Å². The van der Waals surface area contributed by atoms with Crippen LogP contribution in [0.4, 0.5) is 0 Å². The van der Waals surface area contributed by atoms with Gasteiger partial charge in [0.1, 0.15) is 4.21 Å². The molecule has 2 aromatic rings. The Hall–Kier alpha value is -1.22. The zero-order chi connectivity index (χ0) is 16.3. The second-order valence-corrected chi connectivity index (χ2v) is 9.39. The molecule has 0 unspecified atom stereocenters. The molecule has 3 heterocycles. The molecule has 23 heavy (non-hydrogen) atoms. The van der Waals surface area contributed by atoms with Crippen molar-refractivity contribution in [3.05, 3.63) is 39.9 Å². The molecule has 0 aliphatic carbocycles. The molecule has 1 aliphatic heterocycles. The van der Waals surface area contributed by atoms with E-state index >= 15 is 0 Å². The van der Waals surface area contributed by atoms with Crippen LogP contribution < -0.4 is 4.72 Å². The minimum absolute atomic E-state index is 0.104. The van der Waals surface area contributed by atoms with Gasteiger partial charge in [-0.05, 0) is 35.7 Å². The molecule has 8 heteroatoms. The van der Waals surface area contributed by atoms with E-state index in [1.54, 1.807) is 28.8 Å². The molecule has 1 saturated heterocycles. The molecule has 0 radical (unpaired) electrons. The summed E-state index contributed by atoms with van der Waals surface area (Å²) < 4.78 is 27.5. The SMILES string of the molecule is O=C(Cc1cccs1)N1CCC(NS(=O)(=O)c2cccs2)CC1. The van der Waals surface area contributed by atoms with Gasteiger partial charge < -0.3 is 4.90 Å². The van der Waals surface area contributed by atoms with Crippen molar-refractivity contribution in [1.29, 1.82) is 0 Å². The van der Waals surface area contributed by atoms with Crippen molar-refractivity contribution in [2.24, 2.45) is 0 Å². The maximum atomic E-state index is 12.2. The number of sulfonamides is 1. The van der Waals surface area contributed by atoms with Crippen LogP contribution in [0.1, 0.15) is 17.7 Å². The number of piperidine rings is 1. The average Bonchev–Trinajstić information content (AvgIpc) is 3.21. The zero-order valence-electron chi connectivity index (χ0n) is 12.5. The van der Waals surface area contributed by atoms with Crippen LogP contribution in [0, 0.1) is 0 Å². The van der Waals surface area contributed by atoms with Crippen LogP contribution in [0.5, 0.6) is 0 Å². The summed E-state index contributed by atoms with van der Waals surface area (Å²) in [4.78, 5) is 15.1. The highest BCUT2D eigenvalue weighted by Gasteiger charge is 2.27. The third kappa shape index (κ3) is 4.20. The molecule has 0 bridgehead atoms. The number of nitrogens with zero attached hydrogens (tertiary/aromatic N) is 1. The van der Waals surface area contributed by atoms with Gasteiger partial charge in [-0.15, -0.1) is 22.7 Å². The van der Waals surface area contributed by atoms with Crippen molar-refractivity contribution in [3.63, 3.8) is 0 Å². The number of nitrogens with one attached hydrogen (secondary N) is 1. The Bertz CT molecular complexity index is 731. The number of hydrogen-bond donors (Lipinski definition) is 1. The van der Waals surface area contributed by atoms with E-state index in [0.29, 0.717) is 36.6 Å². The number of carbonyl (C=O) groups is 1. The lowest BCUT2D eigenvalue weighted by molar-refractivity contribution is -0.131. The fourth-order valence-electron chi connectivity index (χ4n) is 2.61. The normalized spacial score (nSPS) is 16.6. The summed E-state index contributed by atoms with van der Waals surface area (Å²) in [7, 11) is -3.43. The summed E-state index contributed by atoms with van der Waals surface area (Å²) in [6.45, 7) is 1.20. The zero-order valence-corrected chi connectivity index (χ0v) is 14.9. The van der Waals surface area contributed by atoms with Crippen LogP contribution in [-0.2, 0) is 21.2 Å². The summed E-state index contributed by atoms with van der Waals surface area (Å²) in [5.41, 5.74) is 0. The topological polar surface area (TPSA) is 66.5 Å². The van der Waals surface area contributed by atoms with Gasteiger partial charge in [0.2, 0.25) is 15.9 Å². The fraction of sp³-hybridized carbons (Fsp3) is 0.400. The number of likely N-dealkylation sites (tertiary alicyclic amines) is 1. The van der Waals surface area contributed by atoms with Gasteiger partial charge in [0, 0.05) is 24.0 Å². The first kappa shape index (κ1) is 16.6. The molecule has 1 fully saturated rings. The third-order valence-corrected chi connectivity index (χ3v) is 7.63. The summed E-state index contributed by atoms with van der Waals surface area (Å²) in [5, 5.41) is 3.72. The average molecular weight is 371 g/mol. The predicted molar refractivity (Wildman–Crippen MR) is 92.3 cm³/mol. The highest BCUT2D eigenvalue weighted by molar-refractivity contribution is 7.91. The third-order valence-electron chi connectivity index (χ3n) is 3.83. The largest absolute Gasteiger partial charge is 0.342 e. The highest BCUT2D eigenvalue weighted by Crippen LogP contribution is 2.19. The van der Waals surface area contributed by atoms with Crippen molar-refractivity contribution >= 4 is 38.6 Å². The van der Waals surface area contributed by atoms with Gasteiger partial charge in [-0.25, -0.2) is 13.1 Å². The van der Waals surface area contributed by atoms with Gasteiger partial charge in [0.15, 0.2) is 0 Å². The van der Waals surface area contributed by atoms with Crippen molar-refractivity contribution in [2.75, 3.05) is 13.1 Å². The number of carbonyl (C=O) groups excluding carboxylic acids is 1. The molecule has 124 valence electrons. The number of rotatable bonds is 5. The molecular weight excluding hydrogens is 352 g/mol. The Morgan fingerprint density at radius 3 is 2.48 bits per heavy atom. The lowest BCUT2D eigenvalue weighted by atomic mass is 10.1. The van der Waals surface area contributed by atoms with E-state index in [-0.39, 0.29) is 11.9 Å². The Kier molecular flexibility index (Phi) is 5.15. The van der Waals surface area contributed by atoms with Crippen LogP contribution in [0.25, 0.3) is 0 Å². The molecule has 1 aliphatic rings. The smallest absolute Gasteiger partial charge is 0.250 e. The maximum Gasteiger partial charge on any atom is 0.250 e. The molecule has 1 amide bonds. The first-order valence-electron chi connectivity index (χ1n) is 7.40. The molecule has 0 atom stereocenters. The molecule has 5 nitrogen and oxygen atoms in total. The van der Waals surface area contributed by atoms with E-state index in [4.69, 9.17) is 0 Å². The minimum atomic E-state index is -3.43. The van der Waals surface area contributed by atoms with Gasteiger partial charge >= 0.3 is 0 Å². The Balaban J connectivity index is 1.51. The van der Waals surface area contributed by atoms with Crippen LogP contribution in [0.2, 0.25) is 0 Å². The number of thiophene rings is 2. The van der Waals surface area contributed by atoms with E-state index in [2.05, 4.69) is 4.72 Å². The quantitative estimate of drug-likeness (QED) is 0.878. The maximum absolute atomic E-state index is 12.2. The summed E-state index contributed by atoms with van der Waals surface area (Å²) in [6.07, 6.45) is 1.74. The van der Waals surface area contributed by atoms with Gasteiger partial charge in [-0.2, -0.15) is 0 Å². The van der Waals surface area contributed by atoms with Crippen molar-refractivity contribution < 1.29 is 13.2 Å². The standard InChI is InChI=1S/C15H18N2O3S3/c18-14(11-13-3-1-9-21-13)17-7-5-12(6-8-17)16-23(19,20)15-4-2-10-22-15/h1-4,9-10,12,16H,5-8,11H2. The van der Waals surface area contributed by atoms with Crippen molar-refractivity contribution in [3.8, 4) is 0 Å². The summed E-state index contributed by atoms with van der Waals surface area (Å²) >= 11 is 2.80. The van der Waals surface area contributed by atoms with Crippen LogP contribution in [0.15, 0.2) is 39.2 Å². The lowest BCUT2D eigenvalue weighted by Gasteiger charge is -2.32. The molecule has 3 rings (SSSR count). The van der Waals surface area contributed by atoms with Gasteiger partial charge in [-0.3, -0.25) is 4.79 Å². The summed E-state index contributed by atoms with van der Waals surface area (Å²) in [5.74, 6) is 0.118. The van der Waals surface area contributed by atoms with Crippen molar-refractivity contribution in [1.82, 2.24) is 9.62 Å². The molecule has 0 spiro atoms. The van der Waals surface area contributed by atoms with E-state index in [0.717, 1.165) is 4.88 Å². The highest BCUT2D eigenvalue weighted by atomic mass is 32.2. The second-order valence-electron chi connectivity index (χ2n) is 5.46. The Morgan fingerprint density at radius 1 is 1.17 bits per heavy atom. The van der Waals surface area contributed by atoms with Gasteiger partial charge in [-0.1, -0.05) is 12.1 Å². The van der Waals surface area contributed by atoms with Crippen molar-refractivity contribution in [2.45, 2.75) is 29.5 Å². The van der Waals surface area contributed by atoms with Gasteiger partial charge in [0.25, 0.3) is 0 Å². The molecule has 2 aromatic heterocycles. The van der Waals surface area contributed by atoms with Crippen LogP contribution >= 0.6 is 22.7 Å². The predicted octanol–water partition coefficient (Wildman–Crippen LogP) is 2.32. The monoisotopic (exact) mass is 370 g/mol. The van der Waals surface area contributed by atoms with Gasteiger partial charge in [0.05, 0.1) is 6.42 Å². The molecule has 0 aromatic carbocycles. The van der Waals surface area contributed by atoms with E-state index in [1.807, 2.05) is 22.4 Å². The summed E-state index contributed by atoms with van der Waals surface area (Å²) in [6, 6.07) is 7.13. The van der Waals surface area contributed by atoms with Crippen LogP contribution in [0.3, 0.4) is 0 Å². The number of amides is 1. The van der Waals surface area contributed by atoms with Crippen LogP contribution in [-0.4, -0.2) is 38.4 Å². The van der Waals surface area contributed by atoms with E-state index in [1.165, 1.54) is 11.3 Å². The minimum Gasteiger partial charge on any atom is -0.342 e. The lowest BCUT2D eigenvalue weighted by Crippen LogP contribution is -2.46. The molecule has 0 saturated carbocycles. The first-order chi connectivity index (χ1) is 11.0.